The van der Waals surface area contributed by atoms with Gasteiger partial charge in [0.05, 0.1) is 23.9 Å². The number of nitrogens with zero attached hydrogens (tertiary/aromatic N) is 1. The Kier molecular flexibility index (Phi) is 4.91. The lowest BCUT2D eigenvalue weighted by Crippen LogP contribution is -2.14. The lowest BCUT2D eigenvalue weighted by atomic mass is 10.2. The number of ether oxygens (including phenoxy) is 1. The largest absolute Gasteiger partial charge is 0.480 e. The van der Waals surface area contributed by atoms with E-state index in [9.17, 15) is 9.18 Å². The molecule has 1 rings (SSSR count). The predicted octanol–water partition coefficient (Wildman–Crippen LogP) is 1.21. The second kappa shape index (κ2) is 6.45. The zero-order valence-electron chi connectivity index (χ0n) is 8.94. The fraction of sp³-hybridized carbons (Fsp3) is 0.273. The lowest BCUT2D eigenvalue weighted by Gasteiger charge is -2.07. The molecule has 2 N–H and O–H groups in total. The highest BCUT2D eigenvalue weighted by Crippen LogP contribution is 2.14. The molecule has 0 radical (unpaired) electrons. The fourth-order valence-corrected chi connectivity index (χ4v) is 1.15. The highest BCUT2D eigenvalue weighted by Gasteiger charge is 2.02. The van der Waals surface area contributed by atoms with Gasteiger partial charge in [0.1, 0.15) is 12.4 Å². The molecule has 0 aliphatic rings. The summed E-state index contributed by atoms with van der Waals surface area (Å²) >= 11 is 0. The third kappa shape index (κ3) is 4.49. The first kappa shape index (κ1) is 12.9. The zero-order valence-corrected chi connectivity index (χ0v) is 8.94. The summed E-state index contributed by atoms with van der Waals surface area (Å²) in [5, 5.41) is 19.6. The third-order valence-corrected chi connectivity index (χ3v) is 1.89. The molecular formula is C11H11FN2O3. The van der Waals surface area contributed by atoms with Crippen LogP contribution in [0.4, 0.5) is 10.1 Å². The molecule has 0 heterocycles. The minimum absolute atomic E-state index is 0.158. The molecule has 0 saturated heterocycles. The number of hydrogen-bond acceptors (Lipinski definition) is 4. The Morgan fingerprint density at radius 1 is 1.59 bits per heavy atom. The van der Waals surface area contributed by atoms with Crippen LogP contribution < -0.4 is 5.32 Å². The van der Waals surface area contributed by atoms with Crippen molar-refractivity contribution in [1.29, 1.82) is 5.26 Å². The highest BCUT2D eigenvalue weighted by molar-refractivity contribution is 5.67. The molecule has 0 aliphatic heterocycles. The van der Waals surface area contributed by atoms with Gasteiger partial charge in [-0.15, -0.1) is 0 Å². The number of anilines is 1. The summed E-state index contributed by atoms with van der Waals surface area (Å²) in [6, 6.07) is 5.89. The second-order valence-electron chi connectivity index (χ2n) is 3.18. The number of carboxylic acids is 1. The molecule has 1 aromatic rings. The van der Waals surface area contributed by atoms with Gasteiger partial charge in [-0.1, -0.05) is 0 Å². The van der Waals surface area contributed by atoms with Gasteiger partial charge in [-0.2, -0.15) is 5.26 Å². The number of carbonyl (C=O) groups is 1. The Morgan fingerprint density at radius 2 is 2.35 bits per heavy atom. The smallest absolute Gasteiger partial charge is 0.329 e. The van der Waals surface area contributed by atoms with Crippen LogP contribution in [-0.4, -0.2) is 30.8 Å². The summed E-state index contributed by atoms with van der Waals surface area (Å²) in [5.74, 6) is -1.57. The molecule has 90 valence electrons. The molecular weight excluding hydrogens is 227 g/mol. The summed E-state index contributed by atoms with van der Waals surface area (Å²) in [4.78, 5) is 10.1. The van der Waals surface area contributed by atoms with Crippen molar-refractivity contribution in [2.75, 3.05) is 25.1 Å². The maximum atomic E-state index is 13.3. The van der Waals surface area contributed by atoms with Crippen molar-refractivity contribution in [2.24, 2.45) is 0 Å². The van der Waals surface area contributed by atoms with Gasteiger partial charge in [-0.25, -0.2) is 9.18 Å². The minimum Gasteiger partial charge on any atom is -0.480 e. The number of hydrogen-bond donors (Lipinski definition) is 2. The number of nitriles is 1. The van der Waals surface area contributed by atoms with Crippen LogP contribution in [0.25, 0.3) is 0 Å². The van der Waals surface area contributed by atoms with Gasteiger partial charge in [0.2, 0.25) is 0 Å². The topological polar surface area (TPSA) is 82.3 Å². The highest BCUT2D eigenvalue weighted by atomic mass is 19.1. The Hall–Kier alpha value is -2.13. The second-order valence-corrected chi connectivity index (χ2v) is 3.18. The molecule has 0 spiro atoms. The number of aliphatic carboxylic acids is 1. The number of halogens is 1. The first-order valence-corrected chi connectivity index (χ1v) is 4.86. The molecule has 0 saturated carbocycles. The van der Waals surface area contributed by atoms with Crippen LogP contribution in [0.15, 0.2) is 18.2 Å². The van der Waals surface area contributed by atoms with Crippen LogP contribution in [0.5, 0.6) is 0 Å². The number of benzene rings is 1. The first-order valence-electron chi connectivity index (χ1n) is 4.86. The molecule has 17 heavy (non-hydrogen) atoms. The Balaban J connectivity index is 2.37. The van der Waals surface area contributed by atoms with Gasteiger partial charge in [0, 0.05) is 6.54 Å². The average Bonchev–Trinajstić information content (AvgIpc) is 2.30. The van der Waals surface area contributed by atoms with Crippen molar-refractivity contribution in [3.8, 4) is 6.07 Å². The van der Waals surface area contributed by atoms with E-state index in [1.54, 1.807) is 0 Å². The van der Waals surface area contributed by atoms with E-state index in [4.69, 9.17) is 15.1 Å². The molecule has 0 aromatic heterocycles. The molecule has 0 unspecified atom stereocenters. The van der Waals surface area contributed by atoms with Crippen molar-refractivity contribution in [2.45, 2.75) is 0 Å². The van der Waals surface area contributed by atoms with E-state index in [1.165, 1.54) is 12.1 Å². The molecule has 0 aliphatic carbocycles. The average molecular weight is 238 g/mol. The van der Waals surface area contributed by atoms with Gasteiger partial charge in [-0.05, 0) is 18.2 Å². The summed E-state index contributed by atoms with van der Waals surface area (Å²) in [5.41, 5.74) is 0.498. The Morgan fingerprint density at radius 3 is 2.94 bits per heavy atom. The van der Waals surface area contributed by atoms with E-state index in [-0.39, 0.29) is 31.0 Å². The quantitative estimate of drug-likeness (QED) is 0.728. The van der Waals surface area contributed by atoms with E-state index >= 15 is 0 Å². The summed E-state index contributed by atoms with van der Waals surface area (Å²) in [6.07, 6.45) is 0. The van der Waals surface area contributed by atoms with Crippen molar-refractivity contribution in [3.05, 3.63) is 29.6 Å². The SMILES string of the molecule is N#Cc1ccc(NCCOCC(=O)O)c(F)c1. The van der Waals surface area contributed by atoms with Crippen LogP contribution in [0.1, 0.15) is 5.56 Å². The number of nitrogens with one attached hydrogen (secondary N) is 1. The summed E-state index contributed by atoms with van der Waals surface area (Å²) in [7, 11) is 0. The fourth-order valence-electron chi connectivity index (χ4n) is 1.15. The zero-order chi connectivity index (χ0) is 12.7. The summed E-state index contributed by atoms with van der Waals surface area (Å²) in [6.45, 7) is 0.0688. The third-order valence-electron chi connectivity index (χ3n) is 1.89. The predicted molar refractivity (Wildman–Crippen MR) is 58.1 cm³/mol. The van der Waals surface area contributed by atoms with E-state index < -0.39 is 11.8 Å². The minimum atomic E-state index is -1.05. The van der Waals surface area contributed by atoms with Gasteiger partial charge in [0.15, 0.2) is 0 Å². The molecule has 0 atom stereocenters. The van der Waals surface area contributed by atoms with Gasteiger partial charge in [-0.3, -0.25) is 0 Å². The monoisotopic (exact) mass is 238 g/mol. The number of carboxylic acid groups (broad SMARTS) is 1. The van der Waals surface area contributed by atoms with Gasteiger partial charge in [0.25, 0.3) is 0 Å². The standard InChI is InChI=1S/C11H11FN2O3/c12-9-5-8(6-13)1-2-10(9)14-3-4-17-7-11(15)16/h1-2,5,14H,3-4,7H2,(H,15,16). The normalized spacial score (nSPS) is 9.65. The number of rotatable bonds is 6. The van der Waals surface area contributed by atoms with E-state index in [2.05, 4.69) is 5.32 Å². The first-order chi connectivity index (χ1) is 8.13. The molecule has 0 fully saturated rings. The van der Waals surface area contributed by atoms with Crippen LogP contribution in [0, 0.1) is 17.1 Å². The van der Waals surface area contributed by atoms with E-state index in [0.717, 1.165) is 6.07 Å². The molecule has 0 amide bonds. The van der Waals surface area contributed by atoms with Crippen LogP contribution in [0.2, 0.25) is 0 Å². The van der Waals surface area contributed by atoms with Crippen LogP contribution in [0.3, 0.4) is 0 Å². The van der Waals surface area contributed by atoms with Crippen LogP contribution >= 0.6 is 0 Å². The van der Waals surface area contributed by atoms with Crippen LogP contribution in [-0.2, 0) is 9.53 Å². The molecule has 1 aromatic carbocycles. The maximum Gasteiger partial charge on any atom is 0.329 e. The van der Waals surface area contributed by atoms with Gasteiger partial charge >= 0.3 is 5.97 Å². The Labute approximate surface area is 97.4 Å². The van der Waals surface area contributed by atoms with Crippen molar-refractivity contribution in [1.82, 2.24) is 0 Å². The van der Waals surface area contributed by atoms with Crippen molar-refractivity contribution >= 4 is 11.7 Å². The maximum absolute atomic E-state index is 13.3. The van der Waals surface area contributed by atoms with Crippen molar-refractivity contribution < 1.29 is 19.0 Å². The molecule has 0 bridgehead atoms. The van der Waals surface area contributed by atoms with Gasteiger partial charge < -0.3 is 15.2 Å². The molecule has 5 nitrogen and oxygen atoms in total. The van der Waals surface area contributed by atoms with E-state index in [0.29, 0.717) is 0 Å². The lowest BCUT2D eigenvalue weighted by molar-refractivity contribution is -0.142. The van der Waals surface area contributed by atoms with E-state index in [1.807, 2.05) is 6.07 Å². The molecule has 6 heteroatoms. The summed E-state index contributed by atoms with van der Waals surface area (Å²) < 4.78 is 18.1. The van der Waals surface area contributed by atoms with Crippen molar-refractivity contribution in [3.63, 3.8) is 0 Å². The Bertz CT molecular complexity index is 443.